The van der Waals surface area contributed by atoms with Crippen molar-refractivity contribution in [1.82, 2.24) is 40.4 Å². The summed E-state index contributed by atoms with van der Waals surface area (Å²) in [4.78, 5) is 1.48. The topological polar surface area (TPSA) is 87.2 Å². The van der Waals surface area contributed by atoms with Gasteiger partial charge in [-0.1, -0.05) is 24.9 Å². The summed E-state index contributed by atoms with van der Waals surface area (Å²) in [5, 5.41) is 24.8. The van der Waals surface area contributed by atoms with E-state index in [0.29, 0.717) is 23.2 Å². The molecular weight excluding hydrogens is 304 g/mol. The van der Waals surface area contributed by atoms with E-state index < -0.39 is 0 Å². The van der Waals surface area contributed by atoms with Crippen LogP contribution >= 0.6 is 11.6 Å². The quantitative estimate of drug-likeness (QED) is 0.689. The normalized spacial score (nSPS) is 11.0. The van der Waals surface area contributed by atoms with Gasteiger partial charge in [-0.05, 0) is 46.3 Å². The van der Waals surface area contributed by atoms with Gasteiger partial charge in [-0.15, -0.1) is 15.3 Å². The lowest BCUT2D eigenvalue weighted by Crippen LogP contribution is -2.12. The molecule has 0 unspecified atom stereocenters. The molecule has 1 aromatic carbocycles. The number of aromatic nitrogens is 8. The fourth-order valence-electron chi connectivity index (χ4n) is 1.97. The van der Waals surface area contributed by atoms with Gasteiger partial charge in [0.2, 0.25) is 5.82 Å². The molecule has 2 heterocycles. The van der Waals surface area contributed by atoms with Crippen molar-refractivity contribution in [2.45, 2.75) is 32.9 Å². The van der Waals surface area contributed by atoms with Crippen molar-refractivity contribution in [3.63, 3.8) is 0 Å². The molecule has 0 amide bonds. The molecule has 9 heteroatoms. The molecule has 114 valence electrons. The highest BCUT2D eigenvalue weighted by Crippen LogP contribution is 2.17. The van der Waals surface area contributed by atoms with E-state index in [1.54, 1.807) is 16.8 Å². The maximum absolute atomic E-state index is 5.87. The number of aryl methyl sites for hydroxylation is 1. The van der Waals surface area contributed by atoms with Crippen LogP contribution in [0.15, 0.2) is 24.3 Å². The van der Waals surface area contributed by atoms with Crippen LogP contribution in [0.5, 0.6) is 0 Å². The minimum atomic E-state index is 0.386. The standard InChI is InChI=1S/C13H15ClN8/c1-2-3-8-21-12(15-18-20-21)9-22-17-13(16-19-22)10-4-6-11(14)7-5-10/h4-7H,2-3,8-9H2,1H3. The van der Waals surface area contributed by atoms with Crippen molar-refractivity contribution in [2.24, 2.45) is 0 Å². The van der Waals surface area contributed by atoms with Crippen LogP contribution in [0.25, 0.3) is 11.4 Å². The Hall–Kier alpha value is -2.35. The maximum Gasteiger partial charge on any atom is 0.204 e. The molecule has 22 heavy (non-hydrogen) atoms. The molecule has 8 nitrogen and oxygen atoms in total. The summed E-state index contributed by atoms with van der Waals surface area (Å²) in [5.41, 5.74) is 0.862. The van der Waals surface area contributed by atoms with Gasteiger partial charge in [0.15, 0.2) is 5.82 Å². The van der Waals surface area contributed by atoms with E-state index in [1.807, 2.05) is 12.1 Å². The molecular formula is C13H15ClN8. The Morgan fingerprint density at radius 3 is 2.68 bits per heavy atom. The molecule has 0 aliphatic heterocycles. The van der Waals surface area contributed by atoms with Gasteiger partial charge in [0.05, 0.1) is 0 Å². The van der Waals surface area contributed by atoms with Crippen LogP contribution in [-0.4, -0.2) is 40.4 Å². The summed E-state index contributed by atoms with van der Waals surface area (Å²) < 4.78 is 1.77. The second-order valence-electron chi connectivity index (χ2n) is 4.82. The molecule has 0 N–H and O–H groups in total. The van der Waals surface area contributed by atoms with Crippen LogP contribution in [0.4, 0.5) is 0 Å². The van der Waals surface area contributed by atoms with Gasteiger partial charge in [0.1, 0.15) is 6.54 Å². The molecule has 0 saturated carbocycles. The Balaban J connectivity index is 1.74. The van der Waals surface area contributed by atoms with Crippen molar-refractivity contribution in [3.05, 3.63) is 35.1 Å². The van der Waals surface area contributed by atoms with Gasteiger partial charge in [-0.2, -0.15) is 4.80 Å². The molecule has 0 bridgehead atoms. The minimum Gasteiger partial charge on any atom is -0.228 e. The maximum atomic E-state index is 5.87. The number of nitrogens with zero attached hydrogens (tertiary/aromatic N) is 8. The summed E-state index contributed by atoms with van der Waals surface area (Å²) in [6, 6.07) is 7.30. The lowest BCUT2D eigenvalue weighted by Gasteiger charge is -2.02. The van der Waals surface area contributed by atoms with Gasteiger partial charge < -0.3 is 0 Å². The predicted molar refractivity (Wildman–Crippen MR) is 80.1 cm³/mol. The molecule has 0 radical (unpaired) electrons. The van der Waals surface area contributed by atoms with E-state index in [0.717, 1.165) is 24.9 Å². The van der Waals surface area contributed by atoms with Gasteiger partial charge in [0, 0.05) is 17.1 Å². The van der Waals surface area contributed by atoms with E-state index in [9.17, 15) is 0 Å². The van der Waals surface area contributed by atoms with E-state index in [-0.39, 0.29) is 0 Å². The van der Waals surface area contributed by atoms with Crippen molar-refractivity contribution < 1.29 is 0 Å². The number of hydrogen-bond acceptors (Lipinski definition) is 6. The summed E-state index contributed by atoms with van der Waals surface area (Å²) >= 11 is 5.87. The first kappa shape index (κ1) is 14.6. The Morgan fingerprint density at radius 2 is 1.91 bits per heavy atom. The van der Waals surface area contributed by atoms with E-state index in [1.165, 1.54) is 4.80 Å². The largest absolute Gasteiger partial charge is 0.228 e. The highest BCUT2D eigenvalue weighted by atomic mass is 35.5. The van der Waals surface area contributed by atoms with Gasteiger partial charge in [-0.3, -0.25) is 0 Å². The number of halogens is 1. The van der Waals surface area contributed by atoms with Crippen LogP contribution in [0.2, 0.25) is 5.02 Å². The van der Waals surface area contributed by atoms with Crippen molar-refractivity contribution in [2.75, 3.05) is 0 Å². The lowest BCUT2D eigenvalue weighted by atomic mass is 10.2. The van der Waals surface area contributed by atoms with Crippen LogP contribution in [-0.2, 0) is 13.1 Å². The second kappa shape index (κ2) is 6.61. The van der Waals surface area contributed by atoms with Crippen molar-refractivity contribution >= 4 is 11.6 Å². The average Bonchev–Trinajstić information content (AvgIpc) is 3.16. The molecule has 0 aliphatic rings. The fraction of sp³-hybridized carbons (Fsp3) is 0.385. The molecule has 3 rings (SSSR count). The molecule has 0 spiro atoms. The first-order valence-electron chi connectivity index (χ1n) is 7.05. The second-order valence-corrected chi connectivity index (χ2v) is 5.26. The summed E-state index contributed by atoms with van der Waals surface area (Å²) in [6.07, 6.45) is 2.11. The summed E-state index contributed by atoms with van der Waals surface area (Å²) in [6.45, 7) is 3.30. The van der Waals surface area contributed by atoms with Gasteiger partial charge in [0.25, 0.3) is 0 Å². The average molecular weight is 319 g/mol. The summed E-state index contributed by atoms with van der Waals surface area (Å²) in [5.74, 6) is 1.26. The van der Waals surface area contributed by atoms with Crippen LogP contribution in [0.1, 0.15) is 25.6 Å². The van der Waals surface area contributed by atoms with Crippen molar-refractivity contribution in [3.8, 4) is 11.4 Å². The van der Waals surface area contributed by atoms with Crippen LogP contribution < -0.4 is 0 Å². The van der Waals surface area contributed by atoms with E-state index in [4.69, 9.17) is 11.6 Å². The predicted octanol–water partition coefficient (Wildman–Crippen LogP) is 1.83. The first-order valence-corrected chi connectivity index (χ1v) is 7.43. The third-order valence-electron chi connectivity index (χ3n) is 3.17. The third-order valence-corrected chi connectivity index (χ3v) is 3.42. The number of tetrazole rings is 2. The molecule has 2 aromatic heterocycles. The zero-order valence-corrected chi connectivity index (χ0v) is 12.8. The molecule has 3 aromatic rings. The Morgan fingerprint density at radius 1 is 1.09 bits per heavy atom. The van der Waals surface area contributed by atoms with Gasteiger partial charge in [-0.25, -0.2) is 4.68 Å². The molecule has 0 atom stereocenters. The highest BCUT2D eigenvalue weighted by molar-refractivity contribution is 6.30. The number of unbranched alkanes of at least 4 members (excludes halogenated alkanes) is 1. The van der Waals surface area contributed by atoms with E-state index >= 15 is 0 Å². The van der Waals surface area contributed by atoms with E-state index in [2.05, 4.69) is 37.9 Å². The first-order chi connectivity index (χ1) is 10.8. The SMILES string of the molecule is CCCCn1nnnc1Cn1nnc(-c2ccc(Cl)cc2)n1. The zero-order valence-electron chi connectivity index (χ0n) is 12.1. The molecule has 0 aliphatic carbocycles. The number of rotatable bonds is 6. The monoisotopic (exact) mass is 318 g/mol. The third kappa shape index (κ3) is 3.28. The number of hydrogen-bond donors (Lipinski definition) is 0. The van der Waals surface area contributed by atoms with Crippen LogP contribution in [0, 0.1) is 0 Å². The van der Waals surface area contributed by atoms with Crippen LogP contribution in [0.3, 0.4) is 0 Å². The lowest BCUT2D eigenvalue weighted by molar-refractivity contribution is 0.490. The molecule has 0 fully saturated rings. The van der Waals surface area contributed by atoms with Crippen molar-refractivity contribution in [1.29, 1.82) is 0 Å². The Kier molecular flexibility index (Phi) is 4.38. The number of benzene rings is 1. The smallest absolute Gasteiger partial charge is 0.204 e. The molecule has 0 saturated heterocycles. The minimum absolute atomic E-state index is 0.386. The Labute approximate surface area is 132 Å². The summed E-state index contributed by atoms with van der Waals surface area (Å²) in [7, 11) is 0. The fourth-order valence-corrected chi connectivity index (χ4v) is 2.10. The zero-order chi connectivity index (χ0) is 15.4. The van der Waals surface area contributed by atoms with Gasteiger partial charge >= 0.3 is 0 Å². The Bertz CT molecular complexity index is 733. The highest BCUT2D eigenvalue weighted by Gasteiger charge is 2.10.